The predicted molar refractivity (Wildman–Crippen MR) is 95.9 cm³/mol. The van der Waals surface area contributed by atoms with E-state index in [0.29, 0.717) is 23.7 Å². The maximum absolute atomic E-state index is 13.1. The van der Waals surface area contributed by atoms with E-state index in [1.54, 1.807) is 24.3 Å². The van der Waals surface area contributed by atoms with E-state index in [1.807, 2.05) is 30.3 Å². The van der Waals surface area contributed by atoms with E-state index in [-0.39, 0.29) is 11.5 Å². The zero-order valence-corrected chi connectivity index (χ0v) is 15.1. The van der Waals surface area contributed by atoms with Crippen LogP contribution in [0.4, 0.5) is 5.69 Å². The van der Waals surface area contributed by atoms with Gasteiger partial charge in [0.05, 0.1) is 29.8 Å². The molecule has 24 heavy (non-hydrogen) atoms. The lowest BCUT2D eigenvalue weighted by molar-refractivity contribution is 0.412. The first-order valence-electron chi connectivity index (χ1n) is 8.08. The van der Waals surface area contributed by atoms with Gasteiger partial charge in [0, 0.05) is 0 Å². The van der Waals surface area contributed by atoms with Crippen LogP contribution in [0.2, 0.25) is 0 Å². The average Bonchev–Trinajstić information content (AvgIpc) is 3.37. The van der Waals surface area contributed by atoms with Crippen molar-refractivity contribution in [1.82, 2.24) is 0 Å². The molecule has 1 atom stereocenters. The molecule has 3 rings (SSSR count). The molecular weight excluding hydrogens is 322 g/mol. The lowest BCUT2D eigenvalue weighted by Gasteiger charge is -2.26. The van der Waals surface area contributed by atoms with E-state index in [2.05, 4.69) is 20.8 Å². The third-order valence-electron chi connectivity index (χ3n) is 4.10. The number of epoxide rings is 1. The van der Waals surface area contributed by atoms with Crippen molar-refractivity contribution in [2.75, 3.05) is 17.5 Å². The van der Waals surface area contributed by atoms with Gasteiger partial charge in [-0.25, -0.2) is 8.42 Å². The molecule has 1 heterocycles. The summed E-state index contributed by atoms with van der Waals surface area (Å²) in [4.78, 5) is 0.298. The number of anilines is 1. The van der Waals surface area contributed by atoms with Gasteiger partial charge in [0.25, 0.3) is 10.0 Å². The Hall–Kier alpha value is -1.85. The fraction of sp³-hybridized carbons (Fsp3) is 0.368. The zero-order chi connectivity index (χ0) is 17.4. The maximum atomic E-state index is 13.1. The quantitative estimate of drug-likeness (QED) is 0.778. The number of hydrogen-bond donors (Lipinski definition) is 0. The van der Waals surface area contributed by atoms with E-state index >= 15 is 0 Å². The molecule has 0 bridgehead atoms. The molecule has 1 unspecified atom stereocenters. The molecule has 0 aliphatic carbocycles. The molecule has 0 spiro atoms. The first kappa shape index (κ1) is 17.0. The van der Waals surface area contributed by atoms with Crippen LogP contribution >= 0.6 is 0 Å². The summed E-state index contributed by atoms with van der Waals surface area (Å²) in [7, 11) is -3.62. The predicted octanol–water partition coefficient (Wildman–Crippen LogP) is 3.58. The van der Waals surface area contributed by atoms with Crippen molar-refractivity contribution >= 4 is 15.7 Å². The summed E-state index contributed by atoms with van der Waals surface area (Å²) >= 11 is 0. The first-order chi connectivity index (χ1) is 11.3. The van der Waals surface area contributed by atoms with Crippen molar-refractivity contribution in [1.29, 1.82) is 0 Å². The van der Waals surface area contributed by atoms with Gasteiger partial charge in [-0.15, -0.1) is 0 Å². The summed E-state index contributed by atoms with van der Waals surface area (Å²) in [6.45, 7) is 7.30. The van der Waals surface area contributed by atoms with Crippen LogP contribution in [0.1, 0.15) is 26.3 Å². The highest BCUT2D eigenvalue weighted by atomic mass is 32.2. The molecule has 2 aromatic carbocycles. The smallest absolute Gasteiger partial charge is 0.264 e. The van der Waals surface area contributed by atoms with Gasteiger partial charge >= 0.3 is 0 Å². The number of nitrogens with zero attached hydrogens (tertiary/aromatic N) is 1. The van der Waals surface area contributed by atoms with Crippen LogP contribution in [0.15, 0.2) is 59.5 Å². The molecule has 1 saturated heterocycles. The minimum atomic E-state index is -3.62. The van der Waals surface area contributed by atoms with E-state index in [1.165, 1.54) is 4.31 Å². The van der Waals surface area contributed by atoms with Crippen molar-refractivity contribution in [3.8, 4) is 0 Å². The molecule has 4 nitrogen and oxygen atoms in total. The largest absolute Gasteiger partial charge is 0.371 e. The Morgan fingerprint density at radius 2 is 1.75 bits per heavy atom. The van der Waals surface area contributed by atoms with Gasteiger partial charge in [-0.1, -0.05) is 51.1 Å². The zero-order valence-electron chi connectivity index (χ0n) is 14.3. The van der Waals surface area contributed by atoms with Gasteiger partial charge in [0.1, 0.15) is 0 Å². The highest BCUT2D eigenvalue weighted by Crippen LogP contribution is 2.30. The third kappa shape index (κ3) is 3.62. The van der Waals surface area contributed by atoms with Crippen LogP contribution in [-0.2, 0) is 20.2 Å². The highest BCUT2D eigenvalue weighted by Gasteiger charge is 2.33. The molecule has 0 aromatic heterocycles. The van der Waals surface area contributed by atoms with Gasteiger partial charge in [-0.05, 0) is 35.2 Å². The van der Waals surface area contributed by atoms with E-state index < -0.39 is 10.0 Å². The summed E-state index contributed by atoms with van der Waals surface area (Å²) in [6, 6.07) is 16.3. The molecule has 128 valence electrons. The summed E-state index contributed by atoms with van der Waals surface area (Å²) in [5.41, 5.74) is 1.74. The second kappa shape index (κ2) is 6.22. The summed E-state index contributed by atoms with van der Waals surface area (Å²) in [5.74, 6) is 0. The summed E-state index contributed by atoms with van der Waals surface area (Å²) in [6.07, 6.45) is -0.0261. The van der Waals surface area contributed by atoms with Crippen LogP contribution in [0.25, 0.3) is 0 Å². The van der Waals surface area contributed by atoms with Gasteiger partial charge < -0.3 is 4.74 Å². The number of hydrogen-bond acceptors (Lipinski definition) is 3. The number of benzene rings is 2. The van der Waals surface area contributed by atoms with Gasteiger partial charge in [-0.3, -0.25) is 4.31 Å². The molecule has 1 aliphatic heterocycles. The van der Waals surface area contributed by atoms with E-state index in [4.69, 9.17) is 4.74 Å². The minimum Gasteiger partial charge on any atom is -0.371 e. The molecule has 0 amide bonds. The topological polar surface area (TPSA) is 49.9 Å². The summed E-state index contributed by atoms with van der Waals surface area (Å²) < 4.78 is 33.0. The SMILES string of the molecule is CC(C)(C)c1cccc(N(CC2CO2)S(=O)(=O)c2ccccc2)c1. The molecule has 0 saturated carbocycles. The third-order valence-corrected chi connectivity index (χ3v) is 5.91. The normalized spacial score (nSPS) is 17.5. The van der Waals surface area contributed by atoms with E-state index in [9.17, 15) is 8.42 Å². The Morgan fingerprint density at radius 1 is 1.08 bits per heavy atom. The Kier molecular flexibility index (Phi) is 4.40. The lowest BCUT2D eigenvalue weighted by atomic mass is 9.87. The van der Waals surface area contributed by atoms with E-state index in [0.717, 1.165) is 5.56 Å². The van der Waals surface area contributed by atoms with Gasteiger partial charge in [0.15, 0.2) is 0 Å². The van der Waals surface area contributed by atoms with Crippen molar-refractivity contribution < 1.29 is 13.2 Å². The summed E-state index contributed by atoms with van der Waals surface area (Å²) in [5, 5.41) is 0. The lowest BCUT2D eigenvalue weighted by Crippen LogP contribution is -2.34. The van der Waals surface area contributed by atoms with Crippen LogP contribution in [0.3, 0.4) is 0 Å². The van der Waals surface area contributed by atoms with Crippen molar-refractivity contribution in [3.05, 3.63) is 60.2 Å². The first-order valence-corrected chi connectivity index (χ1v) is 9.52. The molecule has 2 aromatic rings. The Balaban J connectivity index is 2.04. The Morgan fingerprint density at radius 3 is 2.33 bits per heavy atom. The minimum absolute atomic E-state index is 0.0261. The van der Waals surface area contributed by atoms with Crippen molar-refractivity contribution in [2.24, 2.45) is 0 Å². The average molecular weight is 345 g/mol. The molecule has 0 N–H and O–H groups in total. The Labute approximate surface area is 144 Å². The highest BCUT2D eigenvalue weighted by molar-refractivity contribution is 7.92. The molecule has 1 fully saturated rings. The number of sulfonamides is 1. The van der Waals surface area contributed by atoms with Crippen LogP contribution in [-0.4, -0.2) is 27.7 Å². The van der Waals surface area contributed by atoms with Crippen LogP contribution in [0.5, 0.6) is 0 Å². The monoisotopic (exact) mass is 345 g/mol. The van der Waals surface area contributed by atoms with Gasteiger partial charge in [-0.2, -0.15) is 0 Å². The fourth-order valence-corrected chi connectivity index (χ4v) is 4.06. The van der Waals surface area contributed by atoms with Gasteiger partial charge in [0.2, 0.25) is 0 Å². The van der Waals surface area contributed by atoms with Crippen molar-refractivity contribution in [3.63, 3.8) is 0 Å². The maximum Gasteiger partial charge on any atom is 0.264 e. The fourth-order valence-electron chi connectivity index (χ4n) is 2.55. The number of rotatable bonds is 5. The molecule has 1 aliphatic rings. The Bertz CT molecular complexity index is 806. The molecular formula is C19H23NO3S. The number of ether oxygens (including phenoxy) is 1. The van der Waals surface area contributed by atoms with Crippen molar-refractivity contribution in [2.45, 2.75) is 37.2 Å². The van der Waals surface area contributed by atoms with Crippen LogP contribution in [0, 0.1) is 0 Å². The second-order valence-electron chi connectivity index (χ2n) is 7.10. The van der Waals surface area contributed by atoms with Crippen LogP contribution < -0.4 is 4.31 Å². The standard InChI is InChI=1S/C19H23NO3S/c1-19(2,3)15-8-7-9-16(12-15)20(13-17-14-23-17)24(21,22)18-10-5-4-6-11-18/h4-12,17H,13-14H2,1-3H3. The second-order valence-corrected chi connectivity index (χ2v) is 8.97. The molecule has 5 heteroatoms. The molecule has 0 radical (unpaired) electrons.